The molecule has 2 aliphatic carbocycles. The normalized spacial score (nSPS) is 38.2. The van der Waals surface area contributed by atoms with Crippen LogP contribution in [0.15, 0.2) is 24.3 Å². The molecule has 0 radical (unpaired) electrons. The van der Waals surface area contributed by atoms with Gasteiger partial charge in [-0.2, -0.15) is 0 Å². The number of rotatable bonds is 3. The maximum absolute atomic E-state index is 12.9. The minimum Gasteiger partial charge on any atom is -0.375 e. The fraction of sp³-hybridized carbons (Fsp3) is 0.667. The van der Waals surface area contributed by atoms with Gasteiger partial charge in [0.2, 0.25) is 0 Å². The maximum atomic E-state index is 12.9. The van der Waals surface area contributed by atoms with E-state index in [-0.39, 0.29) is 11.4 Å². The van der Waals surface area contributed by atoms with E-state index in [4.69, 9.17) is 9.47 Å². The first-order valence-corrected chi connectivity index (χ1v) is 8.25. The molecule has 1 heterocycles. The van der Waals surface area contributed by atoms with Crippen LogP contribution in [0.1, 0.15) is 44.1 Å². The minimum absolute atomic E-state index is 0.188. The lowest BCUT2D eigenvalue weighted by Gasteiger charge is -2.42. The average molecular weight is 290 g/mol. The fourth-order valence-electron chi connectivity index (χ4n) is 4.29. The van der Waals surface area contributed by atoms with Gasteiger partial charge in [0.25, 0.3) is 0 Å². The molecular weight excluding hydrogens is 267 g/mol. The SMILES string of the molecule is Fc1ccc(COC2CCC3(CC2)OCCC2CC23)cc1. The van der Waals surface area contributed by atoms with Crippen molar-refractivity contribution < 1.29 is 13.9 Å². The molecule has 0 bridgehead atoms. The molecule has 0 aromatic heterocycles. The quantitative estimate of drug-likeness (QED) is 0.835. The Kier molecular flexibility index (Phi) is 3.50. The topological polar surface area (TPSA) is 18.5 Å². The van der Waals surface area contributed by atoms with Crippen molar-refractivity contribution in [3.8, 4) is 0 Å². The molecule has 2 saturated carbocycles. The van der Waals surface area contributed by atoms with Crippen molar-refractivity contribution in [3.05, 3.63) is 35.6 Å². The van der Waals surface area contributed by atoms with E-state index in [1.54, 1.807) is 12.1 Å². The first-order valence-electron chi connectivity index (χ1n) is 8.25. The second kappa shape index (κ2) is 5.36. The van der Waals surface area contributed by atoms with Crippen molar-refractivity contribution in [2.24, 2.45) is 11.8 Å². The molecule has 1 spiro atoms. The number of benzene rings is 1. The largest absolute Gasteiger partial charge is 0.375 e. The monoisotopic (exact) mass is 290 g/mol. The number of fused-ring (bicyclic) bond motifs is 2. The van der Waals surface area contributed by atoms with E-state index in [1.807, 2.05) is 0 Å². The Labute approximate surface area is 125 Å². The van der Waals surface area contributed by atoms with Gasteiger partial charge in [0.1, 0.15) is 5.82 Å². The van der Waals surface area contributed by atoms with Crippen molar-refractivity contribution in [3.63, 3.8) is 0 Å². The molecule has 0 N–H and O–H groups in total. The van der Waals surface area contributed by atoms with Gasteiger partial charge >= 0.3 is 0 Å². The van der Waals surface area contributed by atoms with Gasteiger partial charge in [-0.3, -0.25) is 0 Å². The number of hydrogen-bond acceptors (Lipinski definition) is 2. The minimum atomic E-state index is -0.188. The highest BCUT2D eigenvalue weighted by Crippen LogP contribution is 2.58. The summed E-state index contributed by atoms with van der Waals surface area (Å²) in [5.41, 5.74) is 1.24. The van der Waals surface area contributed by atoms with Gasteiger partial charge in [0, 0.05) is 6.61 Å². The predicted octanol–water partition coefficient (Wildman–Crippen LogP) is 4.08. The van der Waals surface area contributed by atoms with E-state index in [9.17, 15) is 4.39 Å². The summed E-state index contributed by atoms with van der Waals surface area (Å²) in [5.74, 6) is 1.60. The first kappa shape index (κ1) is 13.7. The highest BCUT2D eigenvalue weighted by Gasteiger charge is 2.56. The molecule has 1 aromatic carbocycles. The summed E-state index contributed by atoms with van der Waals surface area (Å²) < 4.78 is 25.1. The lowest BCUT2D eigenvalue weighted by Crippen LogP contribution is -2.44. The molecule has 1 saturated heterocycles. The Morgan fingerprint density at radius 1 is 1.14 bits per heavy atom. The van der Waals surface area contributed by atoms with Crippen LogP contribution in [0.25, 0.3) is 0 Å². The Bertz CT molecular complexity index is 490. The Hall–Kier alpha value is -0.930. The Morgan fingerprint density at radius 2 is 1.90 bits per heavy atom. The lowest BCUT2D eigenvalue weighted by atomic mass is 9.78. The summed E-state index contributed by atoms with van der Waals surface area (Å²) in [5, 5.41) is 0. The molecule has 2 atom stereocenters. The zero-order chi connectivity index (χ0) is 14.3. The fourth-order valence-corrected chi connectivity index (χ4v) is 4.29. The van der Waals surface area contributed by atoms with Crippen molar-refractivity contribution >= 4 is 0 Å². The lowest BCUT2D eigenvalue weighted by molar-refractivity contribution is -0.132. The van der Waals surface area contributed by atoms with E-state index >= 15 is 0 Å². The van der Waals surface area contributed by atoms with Crippen LogP contribution in [0.3, 0.4) is 0 Å². The van der Waals surface area contributed by atoms with Crippen molar-refractivity contribution in [2.45, 2.75) is 56.8 Å². The second-order valence-electron chi connectivity index (χ2n) is 6.94. The number of halogens is 1. The summed E-state index contributed by atoms with van der Waals surface area (Å²) in [7, 11) is 0. The van der Waals surface area contributed by atoms with Gasteiger partial charge in [-0.15, -0.1) is 0 Å². The molecule has 2 nitrogen and oxygen atoms in total. The van der Waals surface area contributed by atoms with Crippen LogP contribution in [0.4, 0.5) is 4.39 Å². The summed E-state index contributed by atoms with van der Waals surface area (Å²) >= 11 is 0. The van der Waals surface area contributed by atoms with E-state index in [0.29, 0.717) is 12.7 Å². The Morgan fingerprint density at radius 3 is 2.67 bits per heavy atom. The molecule has 4 rings (SSSR count). The molecule has 1 aliphatic heterocycles. The molecule has 21 heavy (non-hydrogen) atoms. The first-order chi connectivity index (χ1) is 10.3. The van der Waals surface area contributed by atoms with Gasteiger partial charge in [0.15, 0.2) is 0 Å². The van der Waals surface area contributed by atoms with Crippen LogP contribution in [0.2, 0.25) is 0 Å². The molecular formula is C18H23FO2. The van der Waals surface area contributed by atoms with E-state index < -0.39 is 0 Å². The molecule has 114 valence electrons. The van der Waals surface area contributed by atoms with Gasteiger partial charge in [-0.1, -0.05) is 12.1 Å². The third kappa shape index (κ3) is 2.74. The van der Waals surface area contributed by atoms with Gasteiger partial charge in [-0.25, -0.2) is 4.39 Å². The standard InChI is InChI=1S/C18H23FO2/c19-15-3-1-13(2-4-15)12-20-16-5-8-18(9-6-16)17-11-14(17)7-10-21-18/h1-4,14,16-17H,5-12H2. The van der Waals surface area contributed by atoms with Crippen LogP contribution in [-0.4, -0.2) is 18.3 Å². The van der Waals surface area contributed by atoms with E-state index in [2.05, 4.69) is 0 Å². The third-order valence-electron chi connectivity index (χ3n) is 5.65. The second-order valence-corrected chi connectivity index (χ2v) is 6.94. The van der Waals surface area contributed by atoms with Gasteiger partial charge < -0.3 is 9.47 Å². The van der Waals surface area contributed by atoms with E-state index in [0.717, 1.165) is 49.7 Å². The van der Waals surface area contributed by atoms with Crippen molar-refractivity contribution in [2.75, 3.05) is 6.61 Å². The molecule has 0 amide bonds. The smallest absolute Gasteiger partial charge is 0.123 e. The number of hydrogen-bond donors (Lipinski definition) is 0. The predicted molar refractivity (Wildman–Crippen MR) is 78.3 cm³/mol. The van der Waals surface area contributed by atoms with Crippen molar-refractivity contribution in [1.29, 1.82) is 0 Å². The van der Waals surface area contributed by atoms with Crippen LogP contribution in [0.5, 0.6) is 0 Å². The Balaban J connectivity index is 1.28. The van der Waals surface area contributed by atoms with Gasteiger partial charge in [-0.05, 0) is 68.1 Å². The number of ether oxygens (including phenoxy) is 2. The average Bonchev–Trinajstić information content (AvgIpc) is 3.30. The van der Waals surface area contributed by atoms with Crippen LogP contribution in [0, 0.1) is 17.7 Å². The van der Waals surface area contributed by atoms with Crippen LogP contribution in [-0.2, 0) is 16.1 Å². The molecule has 3 fully saturated rings. The summed E-state index contributed by atoms with van der Waals surface area (Å²) in [4.78, 5) is 0. The summed E-state index contributed by atoms with van der Waals surface area (Å²) in [6, 6.07) is 6.60. The van der Waals surface area contributed by atoms with Crippen molar-refractivity contribution in [1.82, 2.24) is 0 Å². The molecule has 3 aliphatic rings. The van der Waals surface area contributed by atoms with Crippen LogP contribution >= 0.6 is 0 Å². The highest BCUT2D eigenvalue weighted by atomic mass is 19.1. The van der Waals surface area contributed by atoms with Crippen LogP contribution < -0.4 is 0 Å². The van der Waals surface area contributed by atoms with Gasteiger partial charge in [0.05, 0.1) is 18.3 Å². The maximum Gasteiger partial charge on any atom is 0.123 e. The molecule has 1 aromatic rings. The highest BCUT2D eigenvalue weighted by molar-refractivity contribution is 5.15. The van der Waals surface area contributed by atoms with E-state index in [1.165, 1.54) is 25.0 Å². The zero-order valence-electron chi connectivity index (χ0n) is 12.4. The summed E-state index contributed by atoms with van der Waals surface area (Å²) in [6.45, 7) is 1.55. The molecule has 3 heteroatoms. The summed E-state index contributed by atoms with van der Waals surface area (Å²) in [6.07, 6.45) is 7.51. The third-order valence-corrected chi connectivity index (χ3v) is 5.65. The molecule has 2 unspecified atom stereocenters. The zero-order valence-corrected chi connectivity index (χ0v) is 12.4.